The third-order valence-corrected chi connectivity index (χ3v) is 4.49. The molecular formula is C17H21BrN2O3. The van der Waals surface area contributed by atoms with E-state index in [2.05, 4.69) is 26.1 Å². The van der Waals surface area contributed by atoms with E-state index in [0.29, 0.717) is 12.3 Å². The molecule has 0 bridgehead atoms. The number of hydrogen-bond donors (Lipinski definition) is 1. The van der Waals surface area contributed by atoms with Crippen LogP contribution in [0.15, 0.2) is 33.2 Å². The second-order valence-electron chi connectivity index (χ2n) is 5.71. The molecule has 1 fully saturated rings. The van der Waals surface area contributed by atoms with E-state index in [4.69, 9.17) is 9.15 Å². The molecule has 2 aromatic rings. The van der Waals surface area contributed by atoms with E-state index in [-0.39, 0.29) is 5.91 Å². The second kappa shape index (κ2) is 7.95. The highest BCUT2D eigenvalue weighted by molar-refractivity contribution is 9.10. The number of furan rings is 1. The van der Waals surface area contributed by atoms with Crippen LogP contribution in [0.3, 0.4) is 0 Å². The zero-order chi connectivity index (χ0) is 16.1. The van der Waals surface area contributed by atoms with Crippen molar-refractivity contribution in [2.45, 2.75) is 12.8 Å². The quantitative estimate of drug-likeness (QED) is 0.782. The molecule has 1 aromatic heterocycles. The first-order valence-electron chi connectivity index (χ1n) is 8.00. The zero-order valence-corrected chi connectivity index (χ0v) is 14.6. The van der Waals surface area contributed by atoms with Gasteiger partial charge in [-0.15, -0.1) is 0 Å². The molecule has 0 atom stereocenters. The maximum absolute atomic E-state index is 12.1. The van der Waals surface area contributed by atoms with E-state index >= 15 is 0 Å². The summed E-state index contributed by atoms with van der Waals surface area (Å²) in [5.74, 6) is 0.218. The number of ether oxygens (including phenoxy) is 1. The van der Waals surface area contributed by atoms with Crippen molar-refractivity contribution < 1.29 is 13.9 Å². The lowest BCUT2D eigenvalue weighted by Crippen LogP contribution is -2.37. The molecule has 2 heterocycles. The van der Waals surface area contributed by atoms with Crippen molar-refractivity contribution in [2.24, 2.45) is 0 Å². The van der Waals surface area contributed by atoms with Gasteiger partial charge in [0.2, 0.25) is 0 Å². The summed E-state index contributed by atoms with van der Waals surface area (Å²) in [5, 5.41) is 3.85. The number of halogens is 1. The lowest BCUT2D eigenvalue weighted by Gasteiger charge is -2.26. The highest BCUT2D eigenvalue weighted by Gasteiger charge is 2.12. The van der Waals surface area contributed by atoms with Crippen molar-refractivity contribution in [3.05, 3.63) is 34.5 Å². The number of morpholine rings is 1. The molecule has 1 aliphatic rings. The van der Waals surface area contributed by atoms with Gasteiger partial charge in [-0.1, -0.05) is 15.9 Å². The Balaban J connectivity index is 1.41. The summed E-state index contributed by atoms with van der Waals surface area (Å²) >= 11 is 3.42. The molecule has 0 radical (unpaired) electrons. The lowest BCUT2D eigenvalue weighted by atomic mass is 10.2. The van der Waals surface area contributed by atoms with Gasteiger partial charge in [0.1, 0.15) is 5.58 Å². The topological polar surface area (TPSA) is 54.7 Å². The Morgan fingerprint density at radius 3 is 2.87 bits per heavy atom. The number of carbonyl (C=O) groups excluding carboxylic acids is 1. The molecule has 0 aliphatic carbocycles. The summed E-state index contributed by atoms with van der Waals surface area (Å²) in [4.78, 5) is 14.5. The molecule has 1 aromatic carbocycles. The smallest absolute Gasteiger partial charge is 0.287 e. The van der Waals surface area contributed by atoms with Gasteiger partial charge < -0.3 is 14.5 Å². The number of hydrogen-bond acceptors (Lipinski definition) is 4. The summed E-state index contributed by atoms with van der Waals surface area (Å²) in [5.41, 5.74) is 0.727. The van der Waals surface area contributed by atoms with Crippen molar-refractivity contribution in [1.82, 2.24) is 10.2 Å². The van der Waals surface area contributed by atoms with Crippen LogP contribution in [0.25, 0.3) is 11.0 Å². The molecule has 6 heteroatoms. The fraction of sp³-hybridized carbons (Fsp3) is 0.471. The largest absolute Gasteiger partial charge is 0.451 e. The summed E-state index contributed by atoms with van der Waals surface area (Å²) in [6.45, 7) is 5.43. The van der Waals surface area contributed by atoms with Gasteiger partial charge in [0, 0.05) is 29.5 Å². The Morgan fingerprint density at radius 1 is 1.22 bits per heavy atom. The molecule has 0 spiro atoms. The third-order valence-electron chi connectivity index (χ3n) is 3.99. The predicted molar refractivity (Wildman–Crippen MR) is 92.7 cm³/mol. The van der Waals surface area contributed by atoms with Crippen LogP contribution in [0, 0.1) is 0 Å². The van der Waals surface area contributed by atoms with E-state index < -0.39 is 0 Å². The van der Waals surface area contributed by atoms with Crippen LogP contribution >= 0.6 is 15.9 Å². The van der Waals surface area contributed by atoms with Crippen molar-refractivity contribution >= 4 is 32.8 Å². The van der Waals surface area contributed by atoms with Crippen LogP contribution in [0.1, 0.15) is 23.4 Å². The SMILES string of the molecule is O=C(NCCCCN1CCOCC1)c1cc2cc(Br)ccc2o1. The van der Waals surface area contributed by atoms with Crippen LogP contribution < -0.4 is 5.32 Å². The standard InChI is InChI=1S/C17H21BrN2O3/c18-14-3-4-15-13(11-14)12-16(23-15)17(21)19-5-1-2-6-20-7-9-22-10-8-20/h3-4,11-12H,1-2,5-10H2,(H,19,21). The predicted octanol–water partition coefficient (Wildman–Crippen LogP) is 3.04. The molecule has 0 unspecified atom stereocenters. The first-order chi connectivity index (χ1) is 11.2. The Hall–Kier alpha value is -1.37. The van der Waals surface area contributed by atoms with Crippen molar-refractivity contribution in [1.29, 1.82) is 0 Å². The van der Waals surface area contributed by atoms with Gasteiger partial charge in [0.25, 0.3) is 5.91 Å². The van der Waals surface area contributed by atoms with Gasteiger partial charge in [-0.05, 0) is 43.7 Å². The van der Waals surface area contributed by atoms with Gasteiger partial charge in [-0.2, -0.15) is 0 Å². The zero-order valence-electron chi connectivity index (χ0n) is 13.0. The highest BCUT2D eigenvalue weighted by Crippen LogP contribution is 2.23. The monoisotopic (exact) mass is 380 g/mol. The molecule has 1 N–H and O–H groups in total. The first-order valence-corrected chi connectivity index (χ1v) is 8.79. The molecule has 1 aliphatic heterocycles. The van der Waals surface area contributed by atoms with Crippen LogP contribution in [-0.4, -0.2) is 50.2 Å². The van der Waals surface area contributed by atoms with Gasteiger partial charge in [-0.25, -0.2) is 0 Å². The van der Waals surface area contributed by atoms with Gasteiger partial charge in [0.05, 0.1) is 13.2 Å². The number of benzene rings is 1. The Kier molecular flexibility index (Phi) is 5.70. The van der Waals surface area contributed by atoms with Crippen molar-refractivity contribution in [2.75, 3.05) is 39.4 Å². The van der Waals surface area contributed by atoms with E-state index in [1.165, 1.54) is 0 Å². The number of fused-ring (bicyclic) bond motifs is 1. The Morgan fingerprint density at radius 2 is 2.04 bits per heavy atom. The van der Waals surface area contributed by atoms with E-state index in [1.807, 2.05) is 18.2 Å². The molecule has 0 saturated carbocycles. The minimum Gasteiger partial charge on any atom is -0.451 e. The van der Waals surface area contributed by atoms with Crippen LogP contribution in [0.4, 0.5) is 0 Å². The molecule has 1 amide bonds. The highest BCUT2D eigenvalue weighted by atomic mass is 79.9. The number of carbonyl (C=O) groups is 1. The average molecular weight is 381 g/mol. The van der Waals surface area contributed by atoms with Gasteiger partial charge >= 0.3 is 0 Å². The average Bonchev–Trinajstić information content (AvgIpc) is 2.98. The minimum atomic E-state index is -0.149. The molecule has 23 heavy (non-hydrogen) atoms. The summed E-state index contributed by atoms with van der Waals surface area (Å²) in [6, 6.07) is 7.48. The molecular weight excluding hydrogens is 360 g/mol. The van der Waals surface area contributed by atoms with Crippen LogP contribution in [0.5, 0.6) is 0 Å². The maximum Gasteiger partial charge on any atom is 0.287 e. The minimum absolute atomic E-state index is 0.149. The van der Waals surface area contributed by atoms with Gasteiger partial charge in [0.15, 0.2) is 5.76 Å². The Bertz CT molecular complexity index is 665. The summed E-state index contributed by atoms with van der Waals surface area (Å²) in [6.07, 6.45) is 2.04. The maximum atomic E-state index is 12.1. The Labute approximate surface area is 144 Å². The summed E-state index contributed by atoms with van der Waals surface area (Å²) < 4.78 is 11.9. The molecule has 1 saturated heterocycles. The van der Waals surface area contributed by atoms with E-state index in [9.17, 15) is 4.79 Å². The number of nitrogens with zero attached hydrogens (tertiary/aromatic N) is 1. The number of rotatable bonds is 6. The van der Waals surface area contributed by atoms with Crippen molar-refractivity contribution in [3.63, 3.8) is 0 Å². The fourth-order valence-corrected chi connectivity index (χ4v) is 3.08. The summed E-state index contributed by atoms with van der Waals surface area (Å²) in [7, 11) is 0. The molecule has 3 rings (SSSR count). The number of amides is 1. The van der Waals surface area contributed by atoms with Crippen LogP contribution in [0.2, 0.25) is 0 Å². The van der Waals surface area contributed by atoms with E-state index in [1.54, 1.807) is 6.07 Å². The first kappa shape index (κ1) is 16.5. The second-order valence-corrected chi connectivity index (χ2v) is 6.63. The number of unbranched alkanes of at least 4 members (excludes halogenated alkanes) is 1. The molecule has 5 nitrogen and oxygen atoms in total. The number of nitrogens with one attached hydrogen (secondary N) is 1. The third kappa shape index (κ3) is 4.56. The normalized spacial score (nSPS) is 15.9. The van der Waals surface area contributed by atoms with Crippen LogP contribution in [-0.2, 0) is 4.74 Å². The lowest BCUT2D eigenvalue weighted by molar-refractivity contribution is 0.0372. The molecule has 124 valence electrons. The fourth-order valence-electron chi connectivity index (χ4n) is 2.70. The van der Waals surface area contributed by atoms with E-state index in [0.717, 1.165) is 61.1 Å². The van der Waals surface area contributed by atoms with Gasteiger partial charge in [-0.3, -0.25) is 9.69 Å². The van der Waals surface area contributed by atoms with Crippen molar-refractivity contribution in [3.8, 4) is 0 Å².